The molecule has 16 atom stereocenters. The number of aryl methyl sites for hydroxylation is 1. The fourth-order valence-corrected chi connectivity index (χ4v) is 21.9. The highest BCUT2D eigenvalue weighted by molar-refractivity contribution is 7.68. The molecular formula is C39H65N15O48P12. The number of nitrogens with two attached hydrogens (primary N) is 3. The van der Waals surface area contributed by atoms with Gasteiger partial charge in [0, 0.05) is 18.0 Å². The summed E-state index contributed by atoms with van der Waals surface area (Å²) in [5.74, 6) is 0.0888. The summed E-state index contributed by atoms with van der Waals surface area (Å²) in [5, 5.41) is 0. The van der Waals surface area contributed by atoms with Gasteiger partial charge in [-0.1, -0.05) is 0 Å². The normalized spacial score (nSPS) is 24.5. The lowest BCUT2D eigenvalue weighted by molar-refractivity contribution is -0.0244. The van der Waals surface area contributed by atoms with Crippen molar-refractivity contribution in [2.45, 2.75) is 108 Å². The topological polar surface area (TPSA) is 951 Å². The number of imidazole rings is 2. The number of hydrogen-bond donors (Lipinski definition) is 21. The van der Waals surface area contributed by atoms with Gasteiger partial charge in [-0.25, -0.2) is 84.3 Å². The first-order valence-corrected chi connectivity index (χ1v) is 48.2. The predicted octanol–water partition coefficient (Wildman–Crippen LogP) is -0.136. The van der Waals surface area contributed by atoms with Crippen LogP contribution in [0.25, 0.3) is 22.3 Å². The minimum atomic E-state index is -5.59. The Hall–Kier alpha value is -4.66. The Morgan fingerprint density at radius 1 is 0.412 bits per heavy atom. The van der Waals surface area contributed by atoms with Crippen molar-refractivity contribution in [3.8, 4) is 0 Å². The Kier molecular flexibility index (Phi) is 32.1. The van der Waals surface area contributed by atoms with Crippen LogP contribution in [0.4, 0.5) is 17.6 Å². The Balaban J connectivity index is 0.000000211. The first-order valence-electron chi connectivity index (χ1n) is 30.1. The van der Waals surface area contributed by atoms with Crippen molar-refractivity contribution < 1.29 is 205 Å². The van der Waals surface area contributed by atoms with Crippen LogP contribution in [0.2, 0.25) is 0 Å². The molecule has 0 aromatic carbocycles. The molecule has 0 radical (unpaired) electrons. The number of aromatic nitrogens is 12. The van der Waals surface area contributed by atoms with Gasteiger partial charge in [0.05, 0.1) is 63.5 Å². The third-order valence-corrected chi connectivity index (χ3v) is 29.0. The van der Waals surface area contributed by atoms with Crippen molar-refractivity contribution in [2.24, 2.45) is 0 Å². The van der Waals surface area contributed by atoms with Gasteiger partial charge >= 0.3 is 105 Å². The van der Waals surface area contributed by atoms with Gasteiger partial charge in [-0.3, -0.25) is 55.9 Å². The number of hydrogen-bond acceptors (Lipinski definition) is 41. The monoisotopic (exact) mass is 1880 g/mol. The van der Waals surface area contributed by atoms with Gasteiger partial charge in [-0.15, -0.1) is 0 Å². The van der Waals surface area contributed by atoms with Crippen molar-refractivity contribution in [3.05, 3.63) is 84.7 Å². The number of nitrogens with one attached hydrogen (secondary N) is 2. The van der Waals surface area contributed by atoms with E-state index in [4.69, 9.17) is 94.9 Å². The van der Waals surface area contributed by atoms with Crippen LogP contribution >= 0.6 is 93.9 Å². The maximum Gasteiger partial charge on any atom is 0.490 e. The summed E-state index contributed by atoms with van der Waals surface area (Å²) in [4.78, 5) is 216. The summed E-state index contributed by atoms with van der Waals surface area (Å²) in [5.41, 5.74) is 15.4. The van der Waals surface area contributed by atoms with Crippen molar-refractivity contribution in [3.63, 3.8) is 0 Å². The molecule has 6 aromatic rings. The molecule has 0 spiro atoms. The van der Waals surface area contributed by atoms with Crippen molar-refractivity contribution in [1.82, 2.24) is 58.1 Å². The predicted molar refractivity (Wildman–Crippen MR) is 363 cm³/mol. The summed E-state index contributed by atoms with van der Waals surface area (Å²) >= 11 is 0. The molecule has 4 saturated heterocycles. The molecule has 24 N–H and O–H groups in total. The minimum absolute atomic E-state index is 0.0263. The minimum Gasteiger partial charge on any atom is -0.383 e. The number of anilines is 3. The molecule has 63 nitrogen and oxygen atoms in total. The number of phosphoric ester groups is 4. The molecule has 0 amide bonds. The average molecular weight is 1880 g/mol. The third kappa shape index (κ3) is 31.5. The van der Waals surface area contributed by atoms with E-state index in [2.05, 4.69) is 92.5 Å². The van der Waals surface area contributed by atoms with Crippen LogP contribution in [0.3, 0.4) is 0 Å². The van der Waals surface area contributed by atoms with E-state index in [0.717, 1.165) is 9.13 Å². The first-order chi connectivity index (χ1) is 52.0. The van der Waals surface area contributed by atoms with E-state index in [0.29, 0.717) is 43.3 Å². The van der Waals surface area contributed by atoms with Crippen molar-refractivity contribution in [2.75, 3.05) is 43.6 Å². The number of nitrogen functional groups attached to an aromatic ring is 3. The van der Waals surface area contributed by atoms with E-state index < -0.39 is 192 Å². The second-order valence-electron chi connectivity index (χ2n) is 22.6. The number of phosphoric acid groups is 12. The number of rotatable bonds is 32. The lowest BCUT2D eigenvalue weighted by Crippen LogP contribution is -2.33. The van der Waals surface area contributed by atoms with Crippen molar-refractivity contribution >= 4 is 134 Å². The van der Waals surface area contributed by atoms with E-state index in [1.807, 2.05) is 0 Å². The van der Waals surface area contributed by atoms with Gasteiger partial charge in [0.1, 0.15) is 42.6 Å². The SMILES string of the molecule is Cc1cn([C@H]2CC[C@@H](COP(=O)(O)OP(=O)(O)OP(=O)(O)O)O2)c(=O)[nH]c1=O.Nc1ccn([C@H]2CC[C@@H](COP(=O)(O)OP(=O)(O)OP(=O)(O)O)O2)c(=O)n1.Nc1nc2c(ncn2[C@H]2CC[C@@H](COP(=O)(O)OP(=O)(O)OP(=O)(O)O)O2)c(=O)[nH]1.Nc1ncnc2c1ncn2[C@H]1CC[C@@H](COP(=O)(O)OP(=O)(O)OP(=O)(O)O)O1. The zero-order chi connectivity index (χ0) is 85.6. The maximum absolute atomic E-state index is 11.8. The number of fused-ring (bicyclic) bond motifs is 2. The van der Waals surface area contributed by atoms with Crippen LogP contribution in [0.15, 0.2) is 56.6 Å². The first kappa shape index (κ1) is 96.5. The lowest BCUT2D eigenvalue weighted by atomic mass is 10.2. The summed E-state index contributed by atoms with van der Waals surface area (Å²) in [6, 6.07) is 1.38. The molecule has 644 valence electrons. The second kappa shape index (κ2) is 38.0. The number of aromatic amines is 2. The highest BCUT2D eigenvalue weighted by Gasteiger charge is 2.46. The van der Waals surface area contributed by atoms with E-state index >= 15 is 0 Å². The maximum atomic E-state index is 11.8. The number of ether oxygens (including phenoxy) is 4. The molecule has 6 aromatic heterocycles. The quantitative estimate of drug-likeness (QED) is 0.0245. The molecular weight excluding hydrogens is 1820 g/mol. The van der Waals surface area contributed by atoms with Gasteiger partial charge in [0.25, 0.3) is 11.1 Å². The van der Waals surface area contributed by atoms with Crippen LogP contribution in [0.1, 0.15) is 81.8 Å². The number of nitrogens with zero attached hydrogens (tertiary/aromatic N) is 10. The summed E-state index contributed by atoms with van der Waals surface area (Å²) in [7, 11) is -65.1. The zero-order valence-corrected chi connectivity index (χ0v) is 67.1. The molecule has 0 aliphatic carbocycles. The van der Waals surface area contributed by atoms with Gasteiger partial charge in [0.2, 0.25) is 5.95 Å². The van der Waals surface area contributed by atoms with Crippen LogP contribution in [0, 0.1) is 6.92 Å². The molecule has 75 heteroatoms. The average Bonchev–Trinajstić information content (AvgIpc) is 1.63. The van der Waals surface area contributed by atoms with Crippen LogP contribution in [0.5, 0.6) is 0 Å². The smallest absolute Gasteiger partial charge is 0.383 e. The molecule has 0 bridgehead atoms. The molecule has 0 saturated carbocycles. The zero-order valence-electron chi connectivity index (χ0n) is 56.4. The van der Waals surface area contributed by atoms with E-state index in [-0.39, 0.29) is 53.6 Å². The van der Waals surface area contributed by atoms with Crippen LogP contribution < -0.4 is 39.7 Å². The molecule has 8 unspecified atom stereocenters. The Bertz CT molecular complexity index is 5330. The third-order valence-electron chi connectivity index (χ3n) is 13.8. The standard InChI is InChI=1S/C10H16N5O12P3.C10H16N5O11P3.C10H17N2O13P3.C9H16N3O12P3/c11-10-13-8-7(9(16)14-10)12-4-15(8)6-2-1-5(25-6)3-24-29(20,21)27-30(22,23)26-28(17,18)19;11-9-8-10(13-4-12-9)15(5-14-8)7-2-1-6(24-7)3-23-28(19,20)26-29(21,22)25-27(16,17)18;1-6-4-12(10(14)11-9(6)13)8-3-2-7(23-8)5-22-27(18,19)25-28(20,21)24-26(15,16)17;10-7-3-4-12(9(13)11-7)8-2-1-6(22-8)5-21-26(17,18)24-27(19,20)23-25(14,15)16/h4-6H,1-3H2,(H,20,21)(H,22,23)(H2,17,18,19)(H3,11,13,14,16);4-7H,1-3H2,(H,19,20)(H,21,22)(H2,11,12,13)(H2,16,17,18);4,7-8H,2-3,5H2,1H3,(H,18,19)(H,20,21)(H,11,13,14)(H2,15,16,17);3-4,6,8H,1-2,5H2,(H,17,18)(H,19,20)(H2,10,11,13)(H2,14,15,16)/t5-,6+;6-,7+;7-,8+;6-,8+/m0000/s1. The van der Waals surface area contributed by atoms with Gasteiger partial charge in [-0.2, -0.15) is 44.5 Å². The van der Waals surface area contributed by atoms with E-state index in [1.165, 1.54) is 48.9 Å². The fourth-order valence-electron chi connectivity index (χ4n) is 9.66. The summed E-state index contributed by atoms with van der Waals surface area (Å²) in [6.45, 7) is -0.821. The highest BCUT2D eigenvalue weighted by Crippen LogP contribution is 2.70. The summed E-state index contributed by atoms with van der Waals surface area (Å²) < 4.78 is 209. The second-order valence-corrected chi connectivity index (χ2v) is 40.3. The van der Waals surface area contributed by atoms with Crippen LogP contribution in [-0.4, -0.2) is 187 Å². The largest absolute Gasteiger partial charge is 0.490 e. The highest BCUT2D eigenvalue weighted by atomic mass is 31.3. The Morgan fingerprint density at radius 3 is 1.11 bits per heavy atom. The van der Waals surface area contributed by atoms with Crippen molar-refractivity contribution in [1.29, 1.82) is 0 Å². The molecule has 10 rings (SSSR count). The number of H-pyrrole nitrogens is 2. The van der Waals surface area contributed by atoms with Crippen LogP contribution in [-0.2, 0) is 126 Å². The molecule has 10 heterocycles. The Labute approximate surface area is 630 Å². The van der Waals surface area contributed by atoms with Gasteiger partial charge < -0.3 is 114 Å². The lowest BCUT2D eigenvalue weighted by Gasteiger charge is -2.19. The van der Waals surface area contributed by atoms with Gasteiger partial charge in [0.15, 0.2) is 22.6 Å². The fraction of sp³-hybridized carbons (Fsp3) is 0.538. The molecule has 4 aliphatic heterocycles. The van der Waals surface area contributed by atoms with E-state index in [1.54, 1.807) is 4.57 Å². The Morgan fingerprint density at radius 2 is 0.754 bits per heavy atom. The molecule has 4 aliphatic rings. The summed E-state index contributed by atoms with van der Waals surface area (Å²) in [6.07, 6.45) is 3.50. The molecule has 114 heavy (non-hydrogen) atoms. The molecule has 4 fully saturated rings. The van der Waals surface area contributed by atoms with E-state index in [9.17, 15) is 93.5 Å². The van der Waals surface area contributed by atoms with Gasteiger partial charge in [-0.05, 0) is 64.4 Å².